The maximum Gasteiger partial charge on any atom is 0.332 e. The number of aromatic nitrogens is 2. The Balaban J connectivity index is 2.59. The van der Waals surface area contributed by atoms with Crippen molar-refractivity contribution >= 4 is 11.8 Å². The van der Waals surface area contributed by atoms with Gasteiger partial charge in [-0.3, -0.25) is 9.63 Å². The first kappa shape index (κ1) is 10.2. The Hall–Kier alpha value is -1.89. The van der Waals surface area contributed by atoms with Crippen LogP contribution in [0.2, 0.25) is 0 Å². The molecule has 0 spiro atoms. The van der Waals surface area contributed by atoms with Crippen molar-refractivity contribution in [1.29, 1.82) is 0 Å². The zero-order valence-corrected chi connectivity index (χ0v) is 7.40. The monoisotopic (exact) mass is 199 g/mol. The smallest absolute Gasteiger partial charge is 0.332 e. The average molecular weight is 199 g/mol. The van der Waals surface area contributed by atoms with E-state index < -0.39 is 12.6 Å². The molecule has 1 aromatic rings. The Morgan fingerprint density at radius 2 is 2.50 bits per heavy atom. The van der Waals surface area contributed by atoms with Crippen molar-refractivity contribution < 1.29 is 14.7 Å². The van der Waals surface area contributed by atoms with Crippen LogP contribution in [0.25, 0.3) is 0 Å². The van der Waals surface area contributed by atoms with Crippen molar-refractivity contribution in [3.8, 4) is 0 Å². The molecular formula is C7H9N3O4. The molecule has 0 radical (unpaired) electrons. The van der Waals surface area contributed by atoms with Crippen LogP contribution in [0.5, 0.6) is 0 Å². The second-order valence-electron chi connectivity index (χ2n) is 2.50. The van der Waals surface area contributed by atoms with Gasteiger partial charge in [0.2, 0.25) is 0 Å². The van der Waals surface area contributed by atoms with E-state index in [1.807, 2.05) is 0 Å². The molecule has 7 heteroatoms. The lowest BCUT2D eigenvalue weighted by atomic mass is 10.5. The van der Waals surface area contributed by atoms with Gasteiger partial charge in [0.15, 0.2) is 12.4 Å². The van der Waals surface area contributed by atoms with Crippen molar-refractivity contribution in [3.63, 3.8) is 0 Å². The minimum atomic E-state index is -1.11. The number of hydrogen-bond acceptors (Lipinski definition) is 5. The molecule has 0 fully saturated rings. The number of aliphatic carboxylic acids is 1. The van der Waals surface area contributed by atoms with Crippen LogP contribution < -0.4 is 11.0 Å². The van der Waals surface area contributed by atoms with Gasteiger partial charge in [-0.1, -0.05) is 0 Å². The highest BCUT2D eigenvalue weighted by Gasteiger charge is 1.99. The third-order valence-electron chi connectivity index (χ3n) is 1.23. The summed E-state index contributed by atoms with van der Waals surface area (Å²) in [6.45, 7) is 1.09. The number of rotatable bonds is 4. The fraction of sp³-hybridized carbons (Fsp3) is 0.286. The van der Waals surface area contributed by atoms with Crippen LogP contribution in [0, 0.1) is 6.92 Å². The number of carboxylic acids is 1. The average Bonchev–Trinajstić information content (AvgIpc) is 2.01. The molecule has 0 atom stereocenters. The number of aryl methyl sites for hydroxylation is 1. The Kier molecular flexibility index (Phi) is 3.19. The van der Waals surface area contributed by atoms with E-state index in [1.54, 1.807) is 6.92 Å². The molecule has 0 aliphatic rings. The van der Waals surface area contributed by atoms with Crippen molar-refractivity contribution in [2.75, 3.05) is 12.1 Å². The third kappa shape index (κ3) is 3.23. The molecule has 76 valence electrons. The summed E-state index contributed by atoms with van der Waals surface area (Å²) in [5.41, 5.74) is 1.91. The standard InChI is InChI=1S/C7H9N3O4/c1-4-8-5(2-6(11)9-4)10-14-3-7(12)13/h2H,3H2,1H3,(H,12,13)(H2,8,9,10,11). The third-order valence-corrected chi connectivity index (χ3v) is 1.23. The van der Waals surface area contributed by atoms with E-state index in [2.05, 4.69) is 20.3 Å². The molecule has 0 aliphatic heterocycles. The molecule has 1 heterocycles. The number of carboxylic acid groups (broad SMARTS) is 1. The molecule has 0 saturated carbocycles. The first-order valence-electron chi connectivity index (χ1n) is 3.75. The molecule has 0 unspecified atom stereocenters. The predicted molar refractivity (Wildman–Crippen MR) is 46.8 cm³/mol. The van der Waals surface area contributed by atoms with Crippen molar-refractivity contribution in [2.24, 2.45) is 0 Å². The quantitative estimate of drug-likeness (QED) is 0.565. The minimum Gasteiger partial charge on any atom is -0.479 e. The van der Waals surface area contributed by atoms with E-state index in [-0.39, 0.29) is 11.4 Å². The maximum atomic E-state index is 10.9. The van der Waals surface area contributed by atoms with Gasteiger partial charge in [0.1, 0.15) is 5.82 Å². The number of carbonyl (C=O) groups is 1. The van der Waals surface area contributed by atoms with E-state index >= 15 is 0 Å². The maximum absolute atomic E-state index is 10.9. The summed E-state index contributed by atoms with van der Waals surface area (Å²) < 4.78 is 0. The predicted octanol–water partition coefficient (Wildman–Crippen LogP) is -0.494. The largest absolute Gasteiger partial charge is 0.479 e. The van der Waals surface area contributed by atoms with Crippen molar-refractivity contribution in [2.45, 2.75) is 6.92 Å². The highest BCUT2D eigenvalue weighted by Crippen LogP contribution is 1.97. The second kappa shape index (κ2) is 4.38. The SMILES string of the molecule is Cc1nc(NOCC(=O)O)cc(=O)[nH]1. The van der Waals surface area contributed by atoms with Gasteiger partial charge in [0.25, 0.3) is 5.56 Å². The normalized spacial score (nSPS) is 9.79. The molecular weight excluding hydrogens is 190 g/mol. The molecule has 14 heavy (non-hydrogen) atoms. The Labute approximate surface area is 78.7 Å². The molecule has 0 aliphatic carbocycles. The molecule has 0 amide bonds. The molecule has 0 saturated heterocycles. The number of hydrogen-bond donors (Lipinski definition) is 3. The van der Waals surface area contributed by atoms with E-state index in [9.17, 15) is 9.59 Å². The summed E-state index contributed by atoms with van der Waals surface area (Å²) in [6.07, 6.45) is 0. The number of H-pyrrole nitrogens is 1. The van der Waals surface area contributed by atoms with Crippen LogP contribution in [0.15, 0.2) is 10.9 Å². The lowest BCUT2D eigenvalue weighted by Crippen LogP contribution is -2.15. The summed E-state index contributed by atoms with van der Waals surface area (Å²) in [4.78, 5) is 31.8. The molecule has 0 bridgehead atoms. The molecule has 3 N–H and O–H groups in total. The van der Waals surface area contributed by atoms with Crippen LogP contribution >= 0.6 is 0 Å². The van der Waals surface area contributed by atoms with E-state index in [0.29, 0.717) is 5.82 Å². The molecule has 0 aromatic carbocycles. The zero-order valence-electron chi connectivity index (χ0n) is 7.40. The number of nitrogens with one attached hydrogen (secondary N) is 2. The lowest BCUT2D eigenvalue weighted by Gasteiger charge is -2.03. The Morgan fingerprint density at radius 1 is 1.79 bits per heavy atom. The van der Waals surface area contributed by atoms with Crippen molar-refractivity contribution in [1.82, 2.24) is 9.97 Å². The van der Waals surface area contributed by atoms with Crippen LogP contribution in [-0.4, -0.2) is 27.7 Å². The van der Waals surface area contributed by atoms with Crippen LogP contribution in [0.4, 0.5) is 5.82 Å². The topological polar surface area (TPSA) is 104 Å². The summed E-state index contributed by atoms with van der Waals surface area (Å²) in [5.74, 6) is -0.523. The van der Waals surface area contributed by atoms with Gasteiger partial charge in [-0.2, -0.15) is 0 Å². The van der Waals surface area contributed by atoms with Crippen LogP contribution in [0.1, 0.15) is 5.82 Å². The van der Waals surface area contributed by atoms with Crippen LogP contribution in [-0.2, 0) is 9.63 Å². The number of nitrogens with zero attached hydrogens (tertiary/aromatic N) is 1. The van der Waals surface area contributed by atoms with E-state index in [0.717, 1.165) is 6.07 Å². The summed E-state index contributed by atoms with van der Waals surface area (Å²) in [7, 11) is 0. The van der Waals surface area contributed by atoms with Gasteiger partial charge in [0, 0.05) is 6.07 Å². The van der Waals surface area contributed by atoms with Gasteiger partial charge >= 0.3 is 5.97 Å². The Bertz CT molecular complexity index is 387. The molecule has 1 rings (SSSR count). The van der Waals surface area contributed by atoms with Gasteiger partial charge in [0.05, 0.1) is 0 Å². The van der Waals surface area contributed by atoms with Gasteiger partial charge in [-0.05, 0) is 6.92 Å². The highest BCUT2D eigenvalue weighted by molar-refractivity contribution is 5.68. The fourth-order valence-corrected chi connectivity index (χ4v) is 0.804. The second-order valence-corrected chi connectivity index (χ2v) is 2.50. The summed E-state index contributed by atoms with van der Waals surface area (Å²) in [5, 5.41) is 8.25. The van der Waals surface area contributed by atoms with E-state index in [4.69, 9.17) is 5.11 Å². The van der Waals surface area contributed by atoms with E-state index in [1.165, 1.54) is 0 Å². The van der Waals surface area contributed by atoms with Gasteiger partial charge in [-0.15, -0.1) is 0 Å². The number of aromatic amines is 1. The fourth-order valence-electron chi connectivity index (χ4n) is 0.804. The lowest BCUT2D eigenvalue weighted by molar-refractivity contribution is -0.141. The Morgan fingerprint density at radius 3 is 3.07 bits per heavy atom. The summed E-state index contributed by atoms with van der Waals surface area (Å²) in [6, 6.07) is 1.16. The summed E-state index contributed by atoms with van der Waals surface area (Å²) >= 11 is 0. The van der Waals surface area contributed by atoms with Gasteiger partial charge in [-0.25, -0.2) is 15.3 Å². The number of anilines is 1. The molecule has 1 aromatic heterocycles. The first-order chi connectivity index (χ1) is 6.58. The minimum absolute atomic E-state index is 0.174. The van der Waals surface area contributed by atoms with Gasteiger partial charge < -0.3 is 10.1 Å². The highest BCUT2D eigenvalue weighted by atomic mass is 16.7. The van der Waals surface area contributed by atoms with Crippen molar-refractivity contribution in [3.05, 3.63) is 22.2 Å². The first-order valence-corrected chi connectivity index (χ1v) is 3.75. The zero-order chi connectivity index (χ0) is 10.6. The van der Waals surface area contributed by atoms with Crippen LogP contribution in [0.3, 0.4) is 0 Å². The molecule has 7 nitrogen and oxygen atoms in total.